The summed E-state index contributed by atoms with van der Waals surface area (Å²) < 4.78 is 34.6. The van der Waals surface area contributed by atoms with Crippen LogP contribution in [-0.4, -0.2) is 14.3 Å². The molecule has 0 aliphatic heterocycles. The van der Waals surface area contributed by atoms with Crippen LogP contribution in [0, 0.1) is 0 Å². The molecule has 0 radical (unpaired) electrons. The molecule has 0 bridgehead atoms. The van der Waals surface area contributed by atoms with E-state index in [1.54, 1.807) is 36.4 Å². The van der Waals surface area contributed by atoms with Crippen LogP contribution in [0.5, 0.6) is 11.5 Å². The van der Waals surface area contributed by atoms with Gasteiger partial charge in [-0.3, -0.25) is 9.52 Å². The van der Waals surface area contributed by atoms with Crippen molar-refractivity contribution in [1.29, 1.82) is 0 Å². The maximum absolute atomic E-state index is 13.3. The van der Waals surface area contributed by atoms with Gasteiger partial charge < -0.3 is 10.1 Å². The molecule has 1 amide bonds. The van der Waals surface area contributed by atoms with E-state index in [-0.39, 0.29) is 16.1 Å². The van der Waals surface area contributed by atoms with Gasteiger partial charge in [0, 0.05) is 10.0 Å². The van der Waals surface area contributed by atoms with Crippen LogP contribution < -0.4 is 14.8 Å². The van der Waals surface area contributed by atoms with E-state index in [1.807, 2.05) is 12.1 Å². The minimum atomic E-state index is -4.03. The van der Waals surface area contributed by atoms with Crippen molar-refractivity contribution in [1.82, 2.24) is 5.32 Å². The number of hydrogen-bond donors (Lipinski definition) is 2. The van der Waals surface area contributed by atoms with Crippen molar-refractivity contribution in [2.24, 2.45) is 0 Å². The van der Waals surface area contributed by atoms with Crippen molar-refractivity contribution in [3.8, 4) is 11.5 Å². The van der Waals surface area contributed by atoms with Crippen LogP contribution in [0.1, 0.15) is 28.8 Å². The highest BCUT2D eigenvalue weighted by molar-refractivity contribution is 7.92. The van der Waals surface area contributed by atoms with E-state index < -0.39 is 21.5 Å². The van der Waals surface area contributed by atoms with Gasteiger partial charge >= 0.3 is 0 Å². The third-order valence-electron chi connectivity index (χ3n) is 6.17. The van der Waals surface area contributed by atoms with Crippen LogP contribution in [0.3, 0.4) is 0 Å². The Morgan fingerprint density at radius 3 is 2.13 bits per heavy atom. The van der Waals surface area contributed by atoms with E-state index >= 15 is 0 Å². The normalized spacial score (nSPS) is 14.0. The first-order chi connectivity index (χ1) is 18.1. The first kappa shape index (κ1) is 26.4. The Labute approximate surface area is 235 Å². The predicted molar refractivity (Wildman–Crippen MR) is 150 cm³/mol. The Kier molecular flexibility index (Phi) is 7.29. The van der Waals surface area contributed by atoms with Gasteiger partial charge in [-0.1, -0.05) is 59.1 Å². The second-order valence-electron chi connectivity index (χ2n) is 8.84. The monoisotopic (exact) mass is 586 g/mol. The number of sulfonamides is 1. The number of hydrogen-bond acceptors (Lipinski definition) is 4. The van der Waals surface area contributed by atoms with Gasteiger partial charge in [0.15, 0.2) is 0 Å². The van der Waals surface area contributed by atoms with Crippen LogP contribution in [0.15, 0.2) is 95.9 Å². The smallest absolute Gasteiger partial charge is 0.261 e. The number of halogens is 3. The third kappa shape index (κ3) is 5.76. The number of ether oxygens (including phenoxy) is 1. The van der Waals surface area contributed by atoms with Crippen molar-refractivity contribution in [2.75, 3.05) is 4.72 Å². The lowest BCUT2D eigenvalue weighted by atomic mass is 10.0. The quantitative estimate of drug-likeness (QED) is 0.222. The lowest BCUT2D eigenvalue weighted by Crippen LogP contribution is -2.35. The third-order valence-corrected chi connectivity index (χ3v) is 8.35. The van der Waals surface area contributed by atoms with E-state index in [1.165, 1.54) is 42.5 Å². The van der Waals surface area contributed by atoms with Gasteiger partial charge in [0.25, 0.3) is 15.9 Å². The van der Waals surface area contributed by atoms with E-state index in [2.05, 4.69) is 10.0 Å². The van der Waals surface area contributed by atoms with E-state index in [4.69, 9.17) is 39.5 Å². The molecule has 1 aliphatic rings. The van der Waals surface area contributed by atoms with Crippen molar-refractivity contribution in [3.63, 3.8) is 0 Å². The second kappa shape index (κ2) is 10.5. The molecule has 4 aromatic rings. The van der Waals surface area contributed by atoms with Gasteiger partial charge in [-0.05, 0) is 85.1 Å². The highest BCUT2D eigenvalue weighted by Gasteiger charge is 2.46. The first-order valence-electron chi connectivity index (χ1n) is 11.6. The summed E-state index contributed by atoms with van der Waals surface area (Å²) in [5.41, 5.74) is 0.617. The van der Waals surface area contributed by atoms with Crippen LogP contribution in [0.4, 0.5) is 5.69 Å². The summed E-state index contributed by atoms with van der Waals surface area (Å²) in [5, 5.41) is 4.38. The molecule has 0 aromatic heterocycles. The average Bonchev–Trinajstić information content (AvgIpc) is 3.67. The number of amides is 1. The van der Waals surface area contributed by atoms with Crippen molar-refractivity contribution in [2.45, 2.75) is 23.3 Å². The Hall–Kier alpha value is -3.23. The molecular weight excluding hydrogens is 567 g/mol. The number of anilines is 1. The molecule has 0 saturated heterocycles. The minimum absolute atomic E-state index is 0.00913. The SMILES string of the molecule is O=C(NC1(c2ccc(Cl)cc2)CC1)c1cc(Cl)ccc1NS(=O)(=O)c1ccc(Oc2ccccc2Cl)cc1. The van der Waals surface area contributed by atoms with Gasteiger partial charge in [0.2, 0.25) is 0 Å². The average molecular weight is 588 g/mol. The summed E-state index contributed by atoms with van der Waals surface area (Å²) in [5.74, 6) is 0.424. The van der Waals surface area contributed by atoms with Crippen LogP contribution in [0.25, 0.3) is 0 Å². The molecule has 1 aliphatic carbocycles. The standard InChI is InChI=1S/C28H21Cl3N2O4S/c29-19-7-5-18(6-8-19)28(15-16-28)32-27(34)23-17-20(30)9-14-25(23)33-38(35,36)22-12-10-21(11-13-22)37-26-4-2-1-3-24(26)31/h1-14,17,33H,15-16H2,(H,32,34). The van der Waals surface area contributed by atoms with Crippen molar-refractivity contribution >= 4 is 56.4 Å². The Bertz CT molecular complexity index is 1600. The molecule has 0 unspecified atom stereocenters. The molecule has 1 fully saturated rings. The van der Waals surface area contributed by atoms with E-state index in [0.29, 0.717) is 26.6 Å². The lowest BCUT2D eigenvalue weighted by molar-refractivity contribution is 0.0931. The Morgan fingerprint density at radius 2 is 1.47 bits per heavy atom. The molecule has 5 rings (SSSR count). The van der Waals surface area contributed by atoms with E-state index in [0.717, 1.165) is 18.4 Å². The fourth-order valence-corrected chi connectivity index (χ4v) is 5.55. The van der Waals surface area contributed by atoms with Crippen LogP contribution in [-0.2, 0) is 15.6 Å². The summed E-state index contributed by atoms with van der Waals surface area (Å²) in [6.45, 7) is 0. The fraction of sp³-hybridized carbons (Fsp3) is 0.107. The van der Waals surface area contributed by atoms with Gasteiger partial charge in [-0.25, -0.2) is 8.42 Å². The minimum Gasteiger partial charge on any atom is -0.456 e. The number of carbonyl (C=O) groups excluding carboxylic acids is 1. The molecule has 4 aromatic carbocycles. The summed E-state index contributed by atoms with van der Waals surface area (Å²) in [6.07, 6.45) is 1.51. The molecule has 0 heterocycles. The molecule has 0 atom stereocenters. The maximum atomic E-state index is 13.3. The number of rotatable bonds is 8. The zero-order chi connectivity index (χ0) is 26.9. The molecule has 10 heteroatoms. The Balaban J connectivity index is 1.35. The zero-order valence-electron chi connectivity index (χ0n) is 19.7. The fourth-order valence-electron chi connectivity index (χ4n) is 4.00. The topological polar surface area (TPSA) is 84.5 Å². The lowest BCUT2D eigenvalue weighted by Gasteiger charge is -2.20. The van der Waals surface area contributed by atoms with Gasteiger partial charge in [-0.2, -0.15) is 0 Å². The zero-order valence-corrected chi connectivity index (χ0v) is 22.8. The van der Waals surface area contributed by atoms with Gasteiger partial charge in [0.05, 0.1) is 26.7 Å². The second-order valence-corrected chi connectivity index (χ2v) is 11.8. The molecule has 1 saturated carbocycles. The van der Waals surface area contributed by atoms with Gasteiger partial charge in [0.1, 0.15) is 11.5 Å². The molecular formula is C28H21Cl3N2O4S. The molecule has 6 nitrogen and oxygen atoms in total. The maximum Gasteiger partial charge on any atom is 0.261 e. The molecule has 2 N–H and O–H groups in total. The first-order valence-corrected chi connectivity index (χ1v) is 14.2. The molecule has 194 valence electrons. The summed E-state index contributed by atoms with van der Waals surface area (Å²) in [4.78, 5) is 13.3. The highest BCUT2D eigenvalue weighted by atomic mass is 35.5. The van der Waals surface area contributed by atoms with Crippen molar-refractivity contribution < 1.29 is 17.9 Å². The predicted octanol–water partition coefficient (Wildman–Crippen LogP) is 7.66. The molecule has 0 spiro atoms. The highest BCUT2D eigenvalue weighted by Crippen LogP contribution is 2.46. The number of nitrogens with one attached hydrogen (secondary N) is 2. The summed E-state index contributed by atoms with van der Waals surface area (Å²) in [7, 11) is -4.03. The summed E-state index contributed by atoms with van der Waals surface area (Å²) in [6, 6.07) is 24.5. The number of benzene rings is 4. The van der Waals surface area contributed by atoms with Crippen LogP contribution in [0.2, 0.25) is 15.1 Å². The van der Waals surface area contributed by atoms with Gasteiger partial charge in [-0.15, -0.1) is 0 Å². The number of para-hydroxylation sites is 1. The Morgan fingerprint density at radius 1 is 0.816 bits per heavy atom. The van der Waals surface area contributed by atoms with E-state index in [9.17, 15) is 13.2 Å². The summed E-state index contributed by atoms with van der Waals surface area (Å²) >= 11 is 18.3. The molecule has 38 heavy (non-hydrogen) atoms. The largest absolute Gasteiger partial charge is 0.456 e. The van der Waals surface area contributed by atoms with Crippen LogP contribution >= 0.6 is 34.8 Å². The number of carbonyl (C=O) groups is 1. The van der Waals surface area contributed by atoms with Crippen molar-refractivity contribution in [3.05, 3.63) is 117 Å².